The summed E-state index contributed by atoms with van der Waals surface area (Å²) in [4.78, 5) is 26.3. The Morgan fingerprint density at radius 1 is 1.09 bits per heavy atom. The Balaban J connectivity index is 1.29. The zero-order valence-corrected chi connectivity index (χ0v) is 25.0. The number of fused-ring (bicyclic) bond motifs is 1. The number of amides is 1. The first-order chi connectivity index (χ1) is 21.2. The fourth-order valence-corrected chi connectivity index (χ4v) is 6.69. The number of likely N-dealkylation sites (tertiary alicyclic amines) is 1. The molecule has 0 bridgehead atoms. The minimum atomic E-state index is -3.75. The van der Waals surface area contributed by atoms with E-state index in [-0.39, 0.29) is 23.4 Å². The molecule has 0 spiro atoms. The van der Waals surface area contributed by atoms with Gasteiger partial charge in [0.05, 0.1) is 22.7 Å². The molecule has 13 heteroatoms. The Morgan fingerprint density at radius 3 is 2.70 bits per heavy atom. The maximum absolute atomic E-state index is 15.0. The molecule has 1 unspecified atom stereocenters. The number of aromatic nitrogens is 3. The molecule has 4 aromatic rings. The maximum Gasteiger partial charge on any atom is 0.407 e. The molecule has 2 fully saturated rings. The van der Waals surface area contributed by atoms with E-state index in [1.54, 1.807) is 48.8 Å². The summed E-state index contributed by atoms with van der Waals surface area (Å²) in [7, 11) is -3.75. The van der Waals surface area contributed by atoms with Gasteiger partial charge in [0.1, 0.15) is 11.6 Å². The van der Waals surface area contributed by atoms with E-state index >= 15 is 4.39 Å². The number of aryl methyl sites for hydroxylation is 1. The fourth-order valence-electron chi connectivity index (χ4n) is 5.43. The van der Waals surface area contributed by atoms with Gasteiger partial charge in [-0.05, 0) is 68.0 Å². The highest BCUT2D eigenvalue weighted by Crippen LogP contribution is 2.40. The van der Waals surface area contributed by atoms with Gasteiger partial charge in [0.25, 0.3) is 0 Å². The number of nitrogens with zero attached hydrogens (tertiary/aromatic N) is 4. The third-order valence-electron chi connectivity index (χ3n) is 7.97. The molecule has 230 valence electrons. The highest BCUT2D eigenvalue weighted by molar-refractivity contribution is 7.92. The molecule has 1 amide bonds. The maximum atomic E-state index is 15.0. The number of piperidine rings is 1. The SMILES string of the molecule is Cc1ccc2c(NS(=O)(=O)CCC3CC3)c(F)ccc2c1Oc1ncccc1-c1ccnc(NC2CCCN(C(=O)O)C2)n1. The molecule has 3 N–H and O–H groups in total. The first-order valence-corrected chi connectivity index (χ1v) is 16.2. The number of ether oxygens (including phenoxy) is 1. The number of benzene rings is 2. The molecule has 2 aliphatic rings. The molecule has 2 aromatic carbocycles. The van der Waals surface area contributed by atoms with Crippen LogP contribution < -0.4 is 14.8 Å². The summed E-state index contributed by atoms with van der Waals surface area (Å²) < 4.78 is 49.5. The van der Waals surface area contributed by atoms with E-state index in [9.17, 15) is 18.3 Å². The summed E-state index contributed by atoms with van der Waals surface area (Å²) in [5, 5.41) is 13.5. The average molecular weight is 621 g/mol. The first-order valence-electron chi connectivity index (χ1n) is 14.6. The number of sulfonamides is 1. The number of hydrogen-bond acceptors (Lipinski definition) is 8. The molecule has 0 radical (unpaired) electrons. The molecule has 3 heterocycles. The van der Waals surface area contributed by atoms with E-state index in [1.165, 1.54) is 11.0 Å². The normalized spacial score (nSPS) is 17.0. The van der Waals surface area contributed by atoms with Crippen LogP contribution in [-0.4, -0.2) is 64.4 Å². The molecule has 1 aliphatic carbocycles. The van der Waals surface area contributed by atoms with Gasteiger partial charge in [0.15, 0.2) is 0 Å². The number of pyridine rings is 1. The van der Waals surface area contributed by atoms with E-state index in [0.29, 0.717) is 59.2 Å². The molecule has 6 rings (SSSR count). The second kappa shape index (κ2) is 12.2. The smallest absolute Gasteiger partial charge is 0.407 e. The van der Waals surface area contributed by atoms with Crippen molar-refractivity contribution in [2.24, 2.45) is 5.92 Å². The van der Waals surface area contributed by atoms with Gasteiger partial charge in [-0.25, -0.2) is 32.6 Å². The average Bonchev–Trinajstić information content (AvgIpc) is 3.84. The molecule has 1 atom stereocenters. The largest absolute Gasteiger partial charge is 0.465 e. The third kappa shape index (κ3) is 6.67. The highest BCUT2D eigenvalue weighted by atomic mass is 32.2. The van der Waals surface area contributed by atoms with Crippen LogP contribution in [-0.2, 0) is 10.0 Å². The van der Waals surface area contributed by atoms with Gasteiger partial charge in [-0.1, -0.05) is 25.0 Å². The van der Waals surface area contributed by atoms with Crippen LogP contribution in [0.4, 0.5) is 20.8 Å². The van der Waals surface area contributed by atoms with Crippen LogP contribution in [0.15, 0.2) is 54.9 Å². The predicted octanol–water partition coefficient (Wildman–Crippen LogP) is 6.03. The summed E-state index contributed by atoms with van der Waals surface area (Å²) in [6.07, 6.45) is 6.39. The van der Waals surface area contributed by atoms with Crippen molar-refractivity contribution in [3.8, 4) is 22.9 Å². The van der Waals surface area contributed by atoms with Gasteiger partial charge in [-0.15, -0.1) is 0 Å². The van der Waals surface area contributed by atoms with Gasteiger partial charge >= 0.3 is 6.09 Å². The van der Waals surface area contributed by atoms with Crippen molar-refractivity contribution >= 4 is 38.5 Å². The first kappa shape index (κ1) is 29.5. The molecule has 11 nitrogen and oxygen atoms in total. The number of halogens is 1. The summed E-state index contributed by atoms with van der Waals surface area (Å²) in [5.74, 6) is 0.697. The zero-order chi connectivity index (χ0) is 30.8. The van der Waals surface area contributed by atoms with Crippen molar-refractivity contribution in [2.45, 2.75) is 45.1 Å². The highest BCUT2D eigenvalue weighted by Gasteiger charge is 2.26. The van der Waals surface area contributed by atoms with Gasteiger partial charge in [0.2, 0.25) is 21.9 Å². The quantitative estimate of drug-likeness (QED) is 0.193. The van der Waals surface area contributed by atoms with Gasteiger partial charge in [0, 0.05) is 42.3 Å². The lowest BCUT2D eigenvalue weighted by Gasteiger charge is -2.31. The molecule has 2 aromatic heterocycles. The van der Waals surface area contributed by atoms with Crippen molar-refractivity contribution < 1.29 is 27.4 Å². The molecule has 44 heavy (non-hydrogen) atoms. The minimum absolute atomic E-state index is 0.0612. The molecule has 1 saturated heterocycles. The second-order valence-electron chi connectivity index (χ2n) is 11.3. The van der Waals surface area contributed by atoms with Crippen molar-refractivity contribution in [3.63, 3.8) is 0 Å². The predicted molar refractivity (Wildman–Crippen MR) is 165 cm³/mol. The van der Waals surface area contributed by atoms with Crippen molar-refractivity contribution in [3.05, 3.63) is 66.2 Å². The number of nitrogens with one attached hydrogen (secondary N) is 2. The van der Waals surface area contributed by atoms with Gasteiger partial charge in [-0.3, -0.25) is 4.72 Å². The summed E-state index contributed by atoms with van der Waals surface area (Å²) in [6.45, 7) is 2.68. The van der Waals surface area contributed by atoms with Crippen LogP contribution in [0.2, 0.25) is 0 Å². The Labute approximate surface area is 254 Å². The molecular weight excluding hydrogens is 587 g/mol. The zero-order valence-electron chi connectivity index (χ0n) is 24.2. The standard InChI is InChI=1S/C31H33FN6O5S/c1-19-6-9-22-23(10-11-25(32)27(22)37-44(41,42)17-13-20-7-8-20)28(19)43-29-24(5-2-14-33-29)26-12-15-34-30(36-26)35-21-4-3-16-38(18-21)31(39)40/h2,5-6,9-12,14-15,20-21,37H,3-4,7-8,13,16-18H2,1H3,(H,39,40)(H,34,35,36). The van der Waals surface area contributed by atoms with Gasteiger partial charge in [-0.2, -0.15) is 0 Å². The van der Waals surface area contributed by atoms with Crippen LogP contribution in [0.3, 0.4) is 0 Å². The molecule has 1 aliphatic heterocycles. The van der Waals surface area contributed by atoms with Crippen molar-refractivity contribution in [2.75, 3.05) is 28.9 Å². The molecule has 1 saturated carbocycles. The number of rotatable bonds is 10. The topological polar surface area (TPSA) is 147 Å². The van der Waals surface area contributed by atoms with E-state index in [1.807, 2.05) is 6.92 Å². The fraction of sp³-hybridized carbons (Fsp3) is 0.355. The van der Waals surface area contributed by atoms with Crippen LogP contribution in [0.5, 0.6) is 11.6 Å². The van der Waals surface area contributed by atoms with E-state index in [4.69, 9.17) is 4.74 Å². The van der Waals surface area contributed by atoms with Crippen LogP contribution in [0.1, 0.15) is 37.7 Å². The summed E-state index contributed by atoms with van der Waals surface area (Å²) in [5.41, 5.74) is 1.74. The Hall–Kier alpha value is -4.52. The van der Waals surface area contributed by atoms with Crippen LogP contribution in [0, 0.1) is 18.7 Å². The lowest BCUT2D eigenvalue weighted by Crippen LogP contribution is -2.44. The number of anilines is 2. The molecular formula is C31H33FN6O5S. The van der Waals surface area contributed by atoms with Crippen molar-refractivity contribution in [1.29, 1.82) is 0 Å². The number of hydrogen-bond donors (Lipinski definition) is 3. The number of carbonyl (C=O) groups is 1. The Morgan fingerprint density at radius 2 is 1.91 bits per heavy atom. The Kier molecular flexibility index (Phi) is 8.21. The van der Waals surface area contributed by atoms with Gasteiger partial charge < -0.3 is 20.1 Å². The minimum Gasteiger partial charge on any atom is -0.465 e. The lowest BCUT2D eigenvalue weighted by atomic mass is 10.0. The second-order valence-corrected chi connectivity index (χ2v) is 13.2. The monoisotopic (exact) mass is 620 g/mol. The Bertz CT molecular complexity index is 1820. The van der Waals surface area contributed by atoms with Crippen molar-refractivity contribution in [1.82, 2.24) is 19.9 Å². The lowest BCUT2D eigenvalue weighted by molar-refractivity contribution is 0.132. The van der Waals surface area contributed by atoms with Crippen LogP contribution >= 0.6 is 0 Å². The van der Waals surface area contributed by atoms with Crippen LogP contribution in [0.25, 0.3) is 22.0 Å². The van der Waals surface area contributed by atoms with E-state index < -0.39 is 21.9 Å². The third-order valence-corrected chi connectivity index (χ3v) is 9.26. The summed E-state index contributed by atoms with van der Waals surface area (Å²) in [6, 6.07) is 11.4. The summed E-state index contributed by atoms with van der Waals surface area (Å²) >= 11 is 0. The van der Waals surface area contributed by atoms with E-state index in [2.05, 4.69) is 25.0 Å². The van der Waals surface area contributed by atoms with E-state index in [0.717, 1.165) is 31.2 Å². The number of carboxylic acid groups (broad SMARTS) is 1.